The molecular weight excluding hydrogens is 260 g/mol. The maximum Gasteiger partial charge on any atom is 0.0673 e. The van der Waals surface area contributed by atoms with Gasteiger partial charge in [-0.15, -0.1) is 0 Å². The third-order valence-corrected chi connectivity index (χ3v) is 3.86. The van der Waals surface area contributed by atoms with Gasteiger partial charge in [-0.1, -0.05) is 36.4 Å². The van der Waals surface area contributed by atoms with E-state index in [4.69, 9.17) is 11.5 Å². The summed E-state index contributed by atoms with van der Waals surface area (Å²) in [6.45, 7) is 0. The van der Waals surface area contributed by atoms with Crippen LogP contribution in [0.25, 0.3) is 0 Å². The molecule has 106 valence electrons. The largest absolute Gasteiger partial charge is 0.323 e. The second-order valence-electron chi connectivity index (χ2n) is 5.21. The first-order chi connectivity index (χ1) is 10.2. The zero-order chi connectivity index (χ0) is 14.7. The Labute approximate surface area is 124 Å². The molecular formula is C17H18N4. The molecule has 0 fully saturated rings. The first-order valence-corrected chi connectivity index (χ1v) is 6.94. The SMILES string of the molecule is NC1C=CC=CC1(N)C(c1ccccn1)c1ccccn1. The summed E-state index contributed by atoms with van der Waals surface area (Å²) in [5.74, 6) is -0.198. The van der Waals surface area contributed by atoms with E-state index in [1.807, 2.05) is 60.7 Å². The van der Waals surface area contributed by atoms with Gasteiger partial charge in [-0.25, -0.2) is 0 Å². The number of hydrogen-bond acceptors (Lipinski definition) is 4. The van der Waals surface area contributed by atoms with Crippen LogP contribution in [-0.4, -0.2) is 21.5 Å². The molecule has 0 radical (unpaired) electrons. The molecule has 0 bridgehead atoms. The number of aromatic nitrogens is 2. The van der Waals surface area contributed by atoms with Crippen molar-refractivity contribution in [2.45, 2.75) is 17.5 Å². The molecule has 21 heavy (non-hydrogen) atoms. The third kappa shape index (κ3) is 2.51. The number of hydrogen-bond donors (Lipinski definition) is 2. The van der Waals surface area contributed by atoms with Gasteiger partial charge in [0, 0.05) is 18.4 Å². The highest BCUT2D eigenvalue weighted by atomic mass is 14.9. The van der Waals surface area contributed by atoms with Crippen LogP contribution in [0.3, 0.4) is 0 Å². The molecule has 2 atom stereocenters. The second-order valence-corrected chi connectivity index (χ2v) is 5.21. The third-order valence-electron chi connectivity index (χ3n) is 3.86. The van der Waals surface area contributed by atoms with Gasteiger partial charge in [0.1, 0.15) is 0 Å². The van der Waals surface area contributed by atoms with Crippen LogP contribution >= 0.6 is 0 Å². The molecule has 2 unspecified atom stereocenters. The van der Waals surface area contributed by atoms with Crippen molar-refractivity contribution in [2.24, 2.45) is 11.5 Å². The molecule has 0 aromatic carbocycles. The zero-order valence-corrected chi connectivity index (χ0v) is 11.6. The lowest BCUT2D eigenvalue weighted by atomic mass is 9.73. The number of allylic oxidation sites excluding steroid dienone is 2. The van der Waals surface area contributed by atoms with Crippen LogP contribution in [0.1, 0.15) is 17.3 Å². The molecule has 3 rings (SSSR count). The van der Waals surface area contributed by atoms with Crippen molar-refractivity contribution in [3.8, 4) is 0 Å². The van der Waals surface area contributed by atoms with Crippen molar-refractivity contribution < 1.29 is 0 Å². The van der Waals surface area contributed by atoms with Crippen molar-refractivity contribution in [1.29, 1.82) is 0 Å². The van der Waals surface area contributed by atoms with Crippen molar-refractivity contribution in [2.75, 3.05) is 0 Å². The zero-order valence-electron chi connectivity index (χ0n) is 11.6. The van der Waals surface area contributed by atoms with Gasteiger partial charge in [0.25, 0.3) is 0 Å². The van der Waals surface area contributed by atoms with E-state index >= 15 is 0 Å². The smallest absolute Gasteiger partial charge is 0.0673 e. The van der Waals surface area contributed by atoms with Gasteiger partial charge in [0.15, 0.2) is 0 Å². The summed E-state index contributed by atoms with van der Waals surface area (Å²) in [5, 5.41) is 0. The Hall–Kier alpha value is -2.30. The van der Waals surface area contributed by atoms with Gasteiger partial charge >= 0.3 is 0 Å². The molecule has 0 saturated heterocycles. The quantitative estimate of drug-likeness (QED) is 0.896. The molecule has 1 aliphatic carbocycles. The summed E-state index contributed by atoms with van der Waals surface area (Å²) in [4.78, 5) is 8.95. The molecule has 4 nitrogen and oxygen atoms in total. The predicted molar refractivity (Wildman–Crippen MR) is 83.5 cm³/mol. The van der Waals surface area contributed by atoms with E-state index in [0.29, 0.717) is 0 Å². The van der Waals surface area contributed by atoms with Crippen LogP contribution in [-0.2, 0) is 0 Å². The second kappa shape index (κ2) is 5.60. The Morgan fingerprint density at radius 3 is 2.05 bits per heavy atom. The molecule has 2 aromatic heterocycles. The van der Waals surface area contributed by atoms with Crippen molar-refractivity contribution in [3.05, 3.63) is 84.5 Å². The Balaban J connectivity index is 2.14. The van der Waals surface area contributed by atoms with E-state index in [-0.39, 0.29) is 12.0 Å². The minimum absolute atomic E-state index is 0.198. The van der Waals surface area contributed by atoms with Crippen molar-refractivity contribution >= 4 is 0 Å². The van der Waals surface area contributed by atoms with Crippen LogP contribution in [0.15, 0.2) is 73.1 Å². The van der Waals surface area contributed by atoms with Gasteiger partial charge in [0.05, 0.1) is 22.8 Å². The topological polar surface area (TPSA) is 77.8 Å². The highest BCUT2D eigenvalue weighted by Crippen LogP contribution is 2.35. The molecule has 0 aliphatic heterocycles. The van der Waals surface area contributed by atoms with E-state index < -0.39 is 5.54 Å². The summed E-state index contributed by atoms with van der Waals surface area (Å²) >= 11 is 0. The Morgan fingerprint density at radius 2 is 1.57 bits per heavy atom. The molecule has 0 saturated carbocycles. The van der Waals surface area contributed by atoms with Crippen LogP contribution < -0.4 is 11.5 Å². The molecule has 0 amide bonds. The standard InChI is InChI=1S/C17H18N4/c18-15-9-1-4-10-17(15,19)16(13-7-2-5-11-20-13)14-8-3-6-12-21-14/h1-12,15-16H,18-19H2. The summed E-state index contributed by atoms with van der Waals surface area (Å²) < 4.78 is 0. The first-order valence-electron chi connectivity index (χ1n) is 6.94. The van der Waals surface area contributed by atoms with E-state index in [9.17, 15) is 0 Å². The van der Waals surface area contributed by atoms with E-state index in [1.54, 1.807) is 12.4 Å². The first kappa shape index (κ1) is 13.7. The highest BCUT2D eigenvalue weighted by molar-refractivity contribution is 5.39. The van der Waals surface area contributed by atoms with E-state index in [2.05, 4.69) is 9.97 Å². The van der Waals surface area contributed by atoms with Gasteiger partial charge in [-0.3, -0.25) is 9.97 Å². The van der Waals surface area contributed by atoms with Gasteiger partial charge in [0.2, 0.25) is 0 Å². The lowest BCUT2D eigenvalue weighted by molar-refractivity contribution is 0.408. The van der Waals surface area contributed by atoms with Crippen LogP contribution in [0.2, 0.25) is 0 Å². The average Bonchev–Trinajstić information content (AvgIpc) is 2.53. The summed E-state index contributed by atoms with van der Waals surface area (Å²) in [6, 6.07) is 11.3. The lowest BCUT2D eigenvalue weighted by Crippen LogP contribution is -2.58. The van der Waals surface area contributed by atoms with Crippen molar-refractivity contribution in [3.63, 3.8) is 0 Å². The summed E-state index contributed by atoms with van der Waals surface area (Å²) in [5.41, 5.74) is 13.9. The normalized spacial score (nSPS) is 24.4. The Bertz CT molecular complexity index is 612. The Kier molecular flexibility index (Phi) is 3.64. The lowest BCUT2D eigenvalue weighted by Gasteiger charge is -2.39. The maximum atomic E-state index is 6.67. The minimum atomic E-state index is -0.753. The fraction of sp³-hybridized carbons (Fsp3) is 0.176. The number of nitrogens with two attached hydrogens (primary N) is 2. The number of nitrogens with zero attached hydrogens (tertiary/aromatic N) is 2. The van der Waals surface area contributed by atoms with Crippen LogP contribution in [0.4, 0.5) is 0 Å². The average molecular weight is 278 g/mol. The predicted octanol–water partition coefficient (Wildman–Crippen LogP) is 1.76. The van der Waals surface area contributed by atoms with Gasteiger partial charge in [-0.05, 0) is 24.3 Å². The van der Waals surface area contributed by atoms with E-state index in [0.717, 1.165) is 11.4 Å². The van der Waals surface area contributed by atoms with Gasteiger partial charge < -0.3 is 11.5 Å². The van der Waals surface area contributed by atoms with Gasteiger partial charge in [-0.2, -0.15) is 0 Å². The van der Waals surface area contributed by atoms with Crippen molar-refractivity contribution in [1.82, 2.24) is 9.97 Å². The number of rotatable bonds is 3. The molecule has 2 aromatic rings. The Morgan fingerprint density at radius 1 is 0.952 bits per heavy atom. The van der Waals surface area contributed by atoms with Crippen LogP contribution in [0.5, 0.6) is 0 Å². The van der Waals surface area contributed by atoms with Crippen LogP contribution in [0, 0.1) is 0 Å². The molecule has 1 aliphatic rings. The molecule has 4 N–H and O–H groups in total. The monoisotopic (exact) mass is 278 g/mol. The fourth-order valence-electron chi connectivity index (χ4n) is 2.73. The molecule has 2 heterocycles. The highest BCUT2D eigenvalue weighted by Gasteiger charge is 2.41. The number of pyridine rings is 2. The minimum Gasteiger partial charge on any atom is -0.323 e. The fourth-order valence-corrected chi connectivity index (χ4v) is 2.73. The maximum absolute atomic E-state index is 6.67. The molecule has 0 spiro atoms. The molecule has 4 heteroatoms. The summed E-state index contributed by atoms with van der Waals surface area (Å²) in [6.07, 6.45) is 11.3. The van der Waals surface area contributed by atoms with E-state index in [1.165, 1.54) is 0 Å². The summed E-state index contributed by atoms with van der Waals surface area (Å²) in [7, 11) is 0.